The first-order valence-corrected chi connectivity index (χ1v) is 6.65. The largest absolute Gasteiger partial charge is 0.493 e. The van der Waals surface area contributed by atoms with Crippen LogP contribution in [0, 0.1) is 0 Å². The first-order valence-electron chi connectivity index (χ1n) is 6.65. The summed E-state index contributed by atoms with van der Waals surface area (Å²) in [4.78, 5) is 0. The van der Waals surface area contributed by atoms with Crippen molar-refractivity contribution in [3.05, 3.63) is 11.5 Å². The molecule has 18 heavy (non-hydrogen) atoms. The van der Waals surface area contributed by atoms with Crippen molar-refractivity contribution >= 4 is 7.12 Å². The summed E-state index contributed by atoms with van der Waals surface area (Å²) in [6, 6.07) is 0. The second-order valence-electron chi connectivity index (χ2n) is 7.40. The molecule has 2 aliphatic rings. The molecule has 4 heteroatoms. The molecule has 0 aliphatic carbocycles. The fraction of sp³-hybridized carbons (Fsp3) is 0.857. The van der Waals surface area contributed by atoms with Gasteiger partial charge in [0.15, 0.2) is 0 Å². The molecule has 0 saturated carbocycles. The minimum absolute atomic E-state index is 0.261. The van der Waals surface area contributed by atoms with Crippen LogP contribution in [0.1, 0.15) is 55.4 Å². The van der Waals surface area contributed by atoms with E-state index < -0.39 is 0 Å². The van der Waals surface area contributed by atoms with Crippen molar-refractivity contribution in [2.45, 2.75) is 77.8 Å². The first kappa shape index (κ1) is 14.1. The van der Waals surface area contributed by atoms with Crippen molar-refractivity contribution < 1.29 is 14.0 Å². The normalized spacial score (nSPS) is 31.6. The van der Waals surface area contributed by atoms with Crippen molar-refractivity contribution in [2.75, 3.05) is 0 Å². The standard InChI is InChI=1S/C14H25BO3/c1-11(2)9-10(12(3,4)16-11)15-17-13(5,6)14(7,8)18-15/h9H,1-8H3. The maximum atomic E-state index is 6.11. The van der Waals surface area contributed by atoms with Gasteiger partial charge in [-0.05, 0) is 60.9 Å². The third-order valence-electron chi connectivity index (χ3n) is 4.22. The van der Waals surface area contributed by atoms with Gasteiger partial charge in [-0.2, -0.15) is 0 Å². The highest BCUT2D eigenvalue weighted by Crippen LogP contribution is 2.45. The molecule has 1 fully saturated rings. The first-order chi connectivity index (χ1) is 7.86. The van der Waals surface area contributed by atoms with E-state index in [1.807, 2.05) is 0 Å². The van der Waals surface area contributed by atoms with Crippen molar-refractivity contribution in [1.82, 2.24) is 0 Å². The molecular weight excluding hydrogens is 227 g/mol. The lowest BCUT2D eigenvalue weighted by molar-refractivity contribution is -0.0512. The zero-order valence-electron chi connectivity index (χ0n) is 12.9. The maximum Gasteiger partial charge on any atom is 0.493 e. The number of hydrogen-bond donors (Lipinski definition) is 0. The van der Waals surface area contributed by atoms with E-state index in [-0.39, 0.29) is 29.5 Å². The highest BCUT2D eigenvalue weighted by Gasteiger charge is 2.56. The minimum Gasteiger partial charge on any atom is -0.399 e. The molecule has 0 spiro atoms. The molecule has 0 unspecified atom stereocenters. The Morgan fingerprint density at radius 3 is 1.61 bits per heavy atom. The topological polar surface area (TPSA) is 27.7 Å². The predicted octanol–water partition coefficient (Wildman–Crippen LogP) is 3.13. The molecule has 0 radical (unpaired) electrons. The quantitative estimate of drug-likeness (QED) is 0.671. The minimum atomic E-state index is -0.343. The van der Waals surface area contributed by atoms with Crippen LogP contribution in [0.5, 0.6) is 0 Å². The van der Waals surface area contributed by atoms with Crippen LogP contribution < -0.4 is 0 Å². The van der Waals surface area contributed by atoms with E-state index in [9.17, 15) is 0 Å². The molecule has 2 heterocycles. The molecule has 2 aliphatic heterocycles. The predicted molar refractivity (Wildman–Crippen MR) is 73.4 cm³/mol. The average molecular weight is 252 g/mol. The van der Waals surface area contributed by atoms with Gasteiger partial charge >= 0.3 is 7.12 Å². The van der Waals surface area contributed by atoms with E-state index in [2.05, 4.69) is 61.5 Å². The Morgan fingerprint density at radius 2 is 1.28 bits per heavy atom. The summed E-state index contributed by atoms with van der Waals surface area (Å²) < 4.78 is 18.3. The number of rotatable bonds is 1. The van der Waals surface area contributed by atoms with Crippen LogP contribution in [-0.2, 0) is 14.0 Å². The molecule has 1 saturated heterocycles. The second-order valence-corrected chi connectivity index (χ2v) is 7.40. The Hall–Kier alpha value is -0.315. The molecule has 0 aromatic carbocycles. The van der Waals surface area contributed by atoms with Gasteiger partial charge < -0.3 is 14.0 Å². The molecule has 0 aromatic heterocycles. The Bertz CT molecular complexity index is 378. The van der Waals surface area contributed by atoms with Crippen LogP contribution in [0.3, 0.4) is 0 Å². The summed E-state index contributed by atoms with van der Waals surface area (Å²) in [6.07, 6.45) is 2.13. The molecule has 0 atom stereocenters. The van der Waals surface area contributed by atoms with Crippen LogP contribution in [0.4, 0.5) is 0 Å². The molecule has 0 aromatic rings. The van der Waals surface area contributed by atoms with Gasteiger partial charge in [0, 0.05) is 0 Å². The van der Waals surface area contributed by atoms with E-state index in [1.54, 1.807) is 0 Å². The molecule has 2 rings (SSSR count). The van der Waals surface area contributed by atoms with E-state index in [1.165, 1.54) is 0 Å². The second kappa shape index (κ2) is 3.62. The van der Waals surface area contributed by atoms with Gasteiger partial charge in [0.2, 0.25) is 0 Å². The lowest BCUT2D eigenvalue weighted by Gasteiger charge is -2.32. The molecule has 0 amide bonds. The van der Waals surface area contributed by atoms with Gasteiger partial charge in [0.25, 0.3) is 0 Å². The van der Waals surface area contributed by atoms with Crippen molar-refractivity contribution in [1.29, 1.82) is 0 Å². The van der Waals surface area contributed by atoms with Crippen molar-refractivity contribution in [3.63, 3.8) is 0 Å². The van der Waals surface area contributed by atoms with Gasteiger partial charge in [-0.3, -0.25) is 0 Å². The van der Waals surface area contributed by atoms with Crippen LogP contribution in [0.15, 0.2) is 11.5 Å². The average Bonchev–Trinajstić information content (AvgIpc) is 2.42. The number of ether oxygens (including phenoxy) is 1. The van der Waals surface area contributed by atoms with Crippen LogP contribution in [-0.4, -0.2) is 29.5 Å². The van der Waals surface area contributed by atoms with Gasteiger partial charge in [-0.1, -0.05) is 6.08 Å². The van der Waals surface area contributed by atoms with E-state index in [0.29, 0.717) is 0 Å². The number of hydrogen-bond acceptors (Lipinski definition) is 3. The Balaban J connectivity index is 2.30. The maximum absolute atomic E-state index is 6.11. The smallest absolute Gasteiger partial charge is 0.399 e. The summed E-state index contributed by atoms with van der Waals surface area (Å²) in [6.45, 7) is 16.5. The van der Waals surface area contributed by atoms with Gasteiger partial charge in [-0.15, -0.1) is 0 Å². The van der Waals surface area contributed by atoms with Crippen LogP contribution in [0.25, 0.3) is 0 Å². The Morgan fingerprint density at radius 1 is 0.833 bits per heavy atom. The van der Waals surface area contributed by atoms with E-state index >= 15 is 0 Å². The van der Waals surface area contributed by atoms with Crippen molar-refractivity contribution in [3.8, 4) is 0 Å². The zero-order chi connectivity index (χ0) is 14.0. The summed E-state index contributed by atoms with van der Waals surface area (Å²) >= 11 is 0. The van der Waals surface area contributed by atoms with Crippen molar-refractivity contribution in [2.24, 2.45) is 0 Å². The lowest BCUT2D eigenvalue weighted by Crippen LogP contribution is -2.41. The third kappa shape index (κ3) is 2.15. The fourth-order valence-corrected chi connectivity index (χ4v) is 2.62. The molecule has 0 bridgehead atoms. The highest BCUT2D eigenvalue weighted by atomic mass is 16.7. The fourth-order valence-electron chi connectivity index (χ4n) is 2.62. The molecule has 3 nitrogen and oxygen atoms in total. The van der Waals surface area contributed by atoms with Gasteiger partial charge in [-0.25, -0.2) is 0 Å². The monoisotopic (exact) mass is 252 g/mol. The Kier molecular flexibility index (Phi) is 2.83. The summed E-state index contributed by atoms with van der Waals surface area (Å²) in [7, 11) is -0.313. The van der Waals surface area contributed by atoms with E-state index in [4.69, 9.17) is 14.0 Å². The Labute approximate surface area is 111 Å². The summed E-state index contributed by atoms with van der Waals surface area (Å²) in [5.41, 5.74) is -0.124. The lowest BCUT2D eigenvalue weighted by atomic mass is 9.70. The van der Waals surface area contributed by atoms with E-state index in [0.717, 1.165) is 5.47 Å². The van der Waals surface area contributed by atoms with Gasteiger partial charge in [0.1, 0.15) is 0 Å². The SMILES string of the molecule is CC1(C)C=C(B2OC(C)(C)C(C)(C)O2)C(C)(C)O1. The van der Waals surface area contributed by atoms with Gasteiger partial charge in [0.05, 0.1) is 22.4 Å². The zero-order valence-corrected chi connectivity index (χ0v) is 12.9. The summed E-state index contributed by atoms with van der Waals surface area (Å²) in [5, 5.41) is 0. The van der Waals surface area contributed by atoms with Crippen LogP contribution >= 0.6 is 0 Å². The highest BCUT2D eigenvalue weighted by molar-refractivity contribution is 6.55. The molecular formula is C14H25BO3. The molecule has 0 N–H and O–H groups in total. The van der Waals surface area contributed by atoms with Crippen LogP contribution in [0.2, 0.25) is 0 Å². The molecule has 102 valence electrons. The summed E-state index contributed by atoms with van der Waals surface area (Å²) in [5.74, 6) is 0. The third-order valence-corrected chi connectivity index (χ3v) is 4.22.